The molecule has 1 spiro atoms. The maximum atomic E-state index is 3.61. The van der Waals surface area contributed by atoms with Crippen molar-refractivity contribution in [2.75, 3.05) is 13.1 Å². The zero-order valence-corrected chi connectivity index (χ0v) is 10.8. The molecule has 1 nitrogen and oxygen atoms in total. The fourth-order valence-electron chi connectivity index (χ4n) is 4.24. The number of piperidine rings is 1. The molecule has 3 atom stereocenters. The van der Waals surface area contributed by atoms with E-state index in [1.165, 1.54) is 38.8 Å². The predicted molar refractivity (Wildman–Crippen MR) is 72.1 cm³/mol. The van der Waals surface area contributed by atoms with Crippen molar-refractivity contribution in [3.63, 3.8) is 0 Å². The van der Waals surface area contributed by atoms with Gasteiger partial charge in [0.05, 0.1) is 0 Å². The molecular weight excluding hydrogens is 206 g/mol. The monoisotopic (exact) mass is 229 g/mol. The zero-order valence-electron chi connectivity index (χ0n) is 10.8. The molecule has 1 heteroatoms. The standard InChI is InChI=1S/C16H23N/c1-13-6-5-9-16(13)10-11-17-12-15(16)14-7-3-2-4-8-14/h2-4,7-8,13,15,17H,5-6,9-12H2,1H3. The molecule has 1 aromatic carbocycles. The van der Waals surface area contributed by atoms with Gasteiger partial charge in [-0.05, 0) is 36.3 Å². The van der Waals surface area contributed by atoms with Crippen LogP contribution in [0, 0.1) is 11.3 Å². The van der Waals surface area contributed by atoms with Crippen molar-refractivity contribution >= 4 is 0 Å². The SMILES string of the molecule is CC1CCCC12CCNCC2c1ccccc1. The molecule has 3 rings (SSSR count). The van der Waals surface area contributed by atoms with Crippen LogP contribution < -0.4 is 5.32 Å². The maximum absolute atomic E-state index is 3.61. The summed E-state index contributed by atoms with van der Waals surface area (Å²) in [5.74, 6) is 1.63. The van der Waals surface area contributed by atoms with E-state index in [1.54, 1.807) is 5.56 Å². The molecule has 0 aromatic heterocycles. The smallest absolute Gasteiger partial charge is 0.00256 e. The summed E-state index contributed by atoms with van der Waals surface area (Å²) in [5.41, 5.74) is 2.14. The first-order valence-electron chi connectivity index (χ1n) is 7.08. The van der Waals surface area contributed by atoms with Gasteiger partial charge >= 0.3 is 0 Å². The Morgan fingerprint density at radius 1 is 1.18 bits per heavy atom. The van der Waals surface area contributed by atoms with Gasteiger partial charge in [-0.2, -0.15) is 0 Å². The van der Waals surface area contributed by atoms with E-state index in [2.05, 4.69) is 42.6 Å². The summed E-state index contributed by atoms with van der Waals surface area (Å²) in [6.07, 6.45) is 5.68. The number of rotatable bonds is 1. The topological polar surface area (TPSA) is 12.0 Å². The van der Waals surface area contributed by atoms with E-state index in [9.17, 15) is 0 Å². The Hall–Kier alpha value is -0.820. The van der Waals surface area contributed by atoms with Crippen molar-refractivity contribution in [3.05, 3.63) is 35.9 Å². The minimum Gasteiger partial charge on any atom is -0.316 e. The first-order chi connectivity index (χ1) is 8.33. The average Bonchev–Trinajstić information content (AvgIpc) is 2.73. The lowest BCUT2D eigenvalue weighted by Gasteiger charge is -2.45. The number of benzene rings is 1. The lowest BCUT2D eigenvalue weighted by molar-refractivity contribution is 0.116. The molecule has 0 bridgehead atoms. The van der Waals surface area contributed by atoms with Gasteiger partial charge in [-0.25, -0.2) is 0 Å². The summed E-state index contributed by atoms with van der Waals surface area (Å²) in [4.78, 5) is 0. The van der Waals surface area contributed by atoms with E-state index in [1.807, 2.05) is 0 Å². The second-order valence-corrected chi connectivity index (χ2v) is 5.94. The summed E-state index contributed by atoms with van der Waals surface area (Å²) in [7, 11) is 0. The van der Waals surface area contributed by atoms with E-state index in [4.69, 9.17) is 0 Å². The van der Waals surface area contributed by atoms with Gasteiger partial charge < -0.3 is 5.32 Å². The van der Waals surface area contributed by atoms with Gasteiger partial charge in [0.1, 0.15) is 0 Å². The van der Waals surface area contributed by atoms with E-state index in [0.717, 1.165) is 11.8 Å². The van der Waals surface area contributed by atoms with Crippen LogP contribution in [0.15, 0.2) is 30.3 Å². The van der Waals surface area contributed by atoms with Crippen molar-refractivity contribution in [3.8, 4) is 0 Å². The second kappa shape index (κ2) is 4.45. The van der Waals surface area contributed by atoms with Crippen molar-refractivity contribution in [2.45, 2.75) is 38.5 Å². The largest absolute Gasteiger partial charge is 0.316 e. The highest BCUT2D eigenvalue weighted by Crippen LogP contribution is 2.55. The van der Waals surface area contributed by atoms with Gasteiger partial charge in [-0.3, -0.25) is 0 Å². The van der Waals surface area contributed by atoms with Crippen LogP contribution in [-0.2, 0) is 0 Å². The van der Waals surface area contributed by atoms with Crippen LogP contribution in [0.4, 0.5) is 0 Å². The first kappa shape index (κ1) is 11.3. The molecule has 1 aliphatic carbocycles. The van der Waals surface area contributed by atoms with Crippen LogP contribution in [0.3, 0.4) is 0 Å². The predicted octanol–water partition coefficient (Wildman–Crippen LogP) is 3.57. The molecule has 1 saturated carbocycles. The zero-order chi connectivity index (χ0) is 11.7. The Labute approximate surface area is 105 Å². The van der Waals surface area contributed by atoms with Crippen LogP contribution >= 0.6 is 0 Å². The van der Waals surface area contributed by atoms with Crippen molar-refractivity contribution in [1.82, 2.24) is 5.32 Å². The van der Waals surface area contributed by atoms with E-state index in [0.29, 0.717) is 5.41 Å². The summed E-state index contributed by atoms with van der Waals surface area (Å²) in [6.45, 7) is 4.87. The van der Waals surface area contributed by atoms with Crippen molar-refractivity contribution < 1.29 is 0 Å². The van der Waals surface area contributed by atoms with Crippen LogP contribution in [0.5, 0.6) is 0 Å². The Morgan fingerprint density at radius 2 is 2.00 bits per heavy atom. The number of nitrogens with one attached hydrogen (secondary N) is 1. The molecule has 2 aliphatic rings. The normalized spacial score (nSPS) is 37.5. The fraction of sp³-hybridized carbons (Fsp3) is 0.625. The van der Waals surface area contributed by atoms with Gasteiger partial charge in [-0.1, -0.05) is 50.1 Å². The molecule has 1 N–H and O–H groups in total. The van der Waals surface area contributed by atoms with E-state index < -0.39 is 0 Å². The molecule has 1 aliphatic heterocycles. The molecular formula is C16H23N. The van der Waals surface area contributed by atoms with Crippen LogP contribution in [0.1, 0.15) is 44.1 Å². The summed E-state index contributed by atoms with van der Waals surface area (Å²) < 4.78 is 0. The third kappa shape index (κ3) is 1.81. The van der Waals surface area contributed by atoms with Gasteiger partial charge in [0.2, 0.25) is 0 Å². The van der Waals surface area contributed by atoms with Crippen LogP contribution in [0.2, 0.25) is 0 Å². The molecule has 1 saturated heterocycles. The highest BCUT2D eigenvalue weighted by atomic mass is 14.9. The molecule has 2 fully saturated rings. The second-order valence-electron chi connectivity index (χ2n) is 5.94. The summed E-state index contributed by atoms with van der Waals surface area (Å²) >= 11 is 0. The molecule has 17 heavy (non-hydrogen) atoms. The molecule has 1 aromatic rings. The fourth-order valence-corrected chi connectivity index (χ4v) is 4.24. The Morgan fingerprint density at radius 3 is 2.71 bits per heavy atom. The molecule has 1 heterocycles. The third-order valence-electron chi connectivity index (χ3n) is 5.27. The van der Waals surface area contributed by atoms with Gasteiger partial charge in [-0.15, -0.1) is 0 Å². The quantitative estimate of drug-likeness (QED) is 0.776. The maximum Gasteiger partial charge on any atom is 0.00256 e. The van der Waals surface area contributed by atoms with Crippen molar-refractivity contribution in [2.24, 2.45) is 11.3 Å². The minimum absolute atomic E-state index is 0.590. The highest BCUT2D eigenvalue weighted by molar-refractivity contribution is 5.25. The lowest BCUT2D eigenvalue weighted by atomic mass is 9.63. The Kier molecular flexibility index (Phi) is 2.96. The lowest BCUT2D eigenvalue weighted by Crippen LogP contribution is -2.45. The van der Waals surface area contributed by atoms with Crippen LogP contribution in [0.25, 0.3) is 0 Å². The Balaban J connectivity index is 1.96. The van der Waals surface area contributed by atoms with E-state index >= 15 is 0 Å². The molecule has 3 unspecified atom stereocenters. The Bertz CT molecular complexity index is 372. The summed E-state index contributed by atoms with van der Waals surface area (Å²) in [5, 5.41) is 3.61. The number of hydrogen-bond donors (Lipinski definition) is 1. The molecule has 92 valence electrons. The van der Waals surface area contributed by atoms with Crippen LogP contribution in [-0.4, -0.2) is 13.1 Å². The van der Waals surface area contributed by atoms with Gasteiger partial charge in [0.15, 0.2) is 0 Å². The van der Waals surface area contributed by atoms with E-state index in [-0.39, 0.29) is 0 Å². The average molecular weight is 229 g/mol. The van der Waals surface area contributed by atoms with Gasteiger partial charge in [0, 0.05) is 12.5 Å². The summed E-state index contributed by atoms with van der Waals surface area (Å²) in [6, 6.07) is 11.2. The van der Waals surface area contributed by atoms with Crippen molar-refractivity contribution in [1.29, 1.82) is 0 Å². The molecule has 0 radical (unpaired) electrons. The van der Waals surface area contributed by atoms with Gasteiger partial charge in [0.25, 0.3) is 0 Å². The third-order valence-corrected chi connectivity index (χ3v) is 5.27. The number of hydrogen-bond acceptors (Lipinski definition) is 1. The minimum atomic E-state index is 0.590. The first-order valence-corrected chi connectivity index (χ1v) is 7.08. The molecule has 0 amide bonds. The highest BCUT2D eigenvalue weighted by Gasteiger charge is 2.47.